The molecule has 0 spiro atoms. The van der Waals surface area contributed by atoms with Gasteiger partial charge in [-0.05, 0) is 32.4 Å². The van der Waals surface area contributed by atoms with E-state index in [1.54, 1.807) is 0 Å². The van der Waals surface area contributed by atoms with Crippen LogP contribution in [0, 0.1) is 6.92 Å². The van der Waals surface area contributed by atoms with Crippen LogP contribution in [-0.4, -0.2) is 42.1 Å². The molecule has 3 heterocycles. The summed E-state index contributed by atoms with van der Waals surface area (Å²) in [7, 11) is 0. The highest BCUT2D eigenvalue weighted by atomic mass is 32.1. The Morgan fingerprint density at radius 1 is 1.40 bits per heavy atom. The second-order valence-corrected chi connectivity index (χ2v) is 7.20. The number of benzene rings is 1. The van der Waals surface area contributed by atoms with Gasteiger partial charge in [0, 0.05) is 17.0 Å². The maximum Gasteiger partial charge on any atom is 0.240 e. The van der Waals surface area contributed by atoms with E-state index in [1.165, 1.54) is 11.3 Å². The van der Waals surface area contributed by atoms with Gasteiger partial charge < -0.3 is 14.8 Å². The molecule has 1 unspecified atom stereocenters. The van der Waals surface area contributed by atoms with E-state index in [0.29, 0.717) is 24.9 Å². The number of likely N-dealkylation sites (tertiary alicyclic amines) is 1. The van der Waals surface area contributed by atoms with Crippen LogP contribution in [0.5, 0.6) is 11.5 Å². The summed E-state index contributed by atoms with van der Waals surface area (Å²) in [6.07, 6.45) is 2.09. The fraction of sp³-hybridized carbons (Fsp3) is 0.444. The van der Waals surface area contributed by atoms with Crippen molar-refractivity contribution in [1.82, 2.24) is 9.88 Å². The molecule has 1 aromatic heterocycles. The Kier molecular flexibility index (Phi) is 4.59. The van der Waals surface area contributed by atoms with E-state index in [9.17, 15) is 4.79 Å². The molecule has 1 aromatic carbocycles. The number of thiazole rings is 1. The van der Waals surface area contributed by atoms with Crippen LogP contribution in [0.4, 0.5) is 5.13 Å². The second-order valence-electron chi connectivity index (χ2n) is 6.34. The van der Waals surface area contributed by atoms with Gasteiger partial charge in [-0.25, -0.2) is 4.98 Å². The highest BCUT2D eigenvalue weighted by Gasteiger charge is 2.31. The zero-order valence-corrected chi connectivity index (χ0v) is 15.0. The van der Waals surface area contributed by atoms with Crippen molar-refractivity contribution in [1.29, 1.82) is 0 Å². The molecule has 4 rings (SSSR count). The quantitative estimate of drug-likeness (QED) is 0.909. The number of carbonyl (C=O) groups is 1. The van der Waals surface area contributed by atoms with E-state index in [2.05, 4.69) is 21.3 Å². The zero-order valence-electron chi connectivity index (χ0n) is 14.2. The van der Waals surface area contributed by atoms with Gasteiger partial charge in [0.15, 0.2) is 16.6 Å². The van der Waals surface area contributed by atoms with Gasteiger partial charge in [0.1, 0.15) is 13.2 Å². The summed E-state index contributed by atoms with van der Waals surface area (Å²) in [5.41, 5.74) is 2.04. The van der Waals surface area contributed by atoms with Gasteiger partial charge in [-0.2, -0.15) is 0 Å². The Morgan fingerprint density at radius 3 is 3.12 bits per heavy atom. The molecular weight excluding hydrogens is 338 g/mol. The largest absolute Gasteiger partial charge is 0.486 e. The number of anilines is 1. The number of hydrogen-bond donors (Lipinski definition) is 1. The van der Waals surface area contributed by atoms with Gasteiger partial charge in [0.25, 0.3) is 0 Å². The highest BCUT2D eigenvalue weighted by molar-refractivity contribution is 7.13. The zero-order chi connectivity index (χ0) is 17.2. The van der Waals surface area contributed by atoms with E-state index in [1.807, 2.05) is 24.4 Å². The summed E-state index contributed by atoms with van der Waals surface area (Å²) in [6.45, 7) is 4.33. The van der Waals surface area contributed by atoms with Crippen LogP contribution in [0.2, 0.25) is 0 Å². The lowest BCUT2D eigenvalue weighted by Crippen LogP contribution is -2.33. The highest BCUT2D eigenvalue weighted by Crippen LogP contribution is 2.42. The van der Waals surface area contributed by atoms with Gasteiger partial charge in [0.2, 0.25) is 5.91 Å². The van der Waals surface area contributed by atoms with Gasteiger partial charge in [-0.1, -0.05) is 12.1 Å². The number of fused-ring (bicyclic) bond motifs is 1. The van der Waals surface area contributed by atoms with E-state index in [4.69, 9.17) is 9.47 Å². The van der Waals surface area contributed by atoms with E-state index in [0.717, 1.165) is 42.1 Å². The summed E-state index contributed by atoms with van der Waals surface area (Å²) >= 11 is 1.45. The van der Waals surface area contributed by atoms with Crippen molar-refractivity contribution in [2.45, 2.75) is 25.8 Å². The summed E-state index contributed by atoms with van der Waals surface area (Å²) in [5.74, 6) is 1.61. The molecule has 0 aliphatic carbocycles. The number of rotatable bonds is 4. The molecule has 2 aliphatic heterocycles. The predicted octanol–water partition coefficient (Wildman–Crippen LogP) is 3.00. The smallest absolute Gasteiger partial charge is 0.240 e. The van der Waals surface area contributed by atoms with Crippen LogP contribution >= 0.6 is 11.3 Å². The van der Waals surface area contributed by atoms with Crippen LogP contribution in [-0.2, 0) is 4.79 Å². The number of aryl methyl sites for hydroxylation is 1. The SMILES string of the molecule is Cc1csc(NC(=O)CN2CCCC2c2cccc3c2OCCO3)n1. The first kappa shape index (κ1) is 16.4. The van der Waals surface area contributed by atoms with Crippen molar-refractivity contribution in [3.8, 4) is 11.5 Å². The molecule has 132 valence electrons. The van der Waals surface area contributed by atoms with E-state index < -0.39 is 0 Å². The van der Waals surface area contributed by atoms with Crippen LogP contribution < -0.4 is 14.8 Å². The topological polar surface area (TPSA) is 63.7 Å². The minimum Gasteiger partial charge on any atom is -0.486 e. The maximum atomic E-state index is 12.4. The molecule has 0 bridgehead atoms. The lowest BCUT2D eigenvalue weighted by Gasteiger charge is -2.28. The van der Waals surface area contributed by atoms with E-state index in [-0.39, 0.29) is 11.9 Å². The molecule has 6 nitrogen and oxygen atoms in total. The summed E-state index contributed by atoms with van der Waals surface area (Å²) in [4.78, 5) is 18.9. The summed E-state index contributed by atoms with van der Waals surface area (Å²) < 4.78 is 11.5. The lowest BCUT2D eigenvalue weighted by molar-refractivity contribution is -0.117. The Balaban J connectivity index is 1.48. The van der Waals surface area contributed by atoms with Crippen molar-refractivity contribution in [3.63, 3.8) is 0 Å². The molecule has 7 heteroatoms. The normalized spacial score (nSPS) is 19.8. The summed E-state index contributed by atoms with van der Waals surface area (Å²) in [6, 6.07) is 6.20. The number of carbonyl (C=O) groups excluding carboxylic acids is 1. The molecule has 25 heavy (non-hydrogen) atoms. The second kappa shape index (κ2) is 7.01. The van der Waals surface area contributed by atoms with E-state index >= 15 is 0 Å². The average Bonchev–Trinajstić information content (AvgIpc) is 3.23. The molecular formula is C18H21N3O3S. The summed E-state index contributed by atoms with van der Waals surface area (Å²) in [5, 5.41) is 5.49. The fourth-order valence-electron chi connectivity index (χ4n) is 3.48. The molecule has 2 aromatic rings. The molecule has 1 N–H and O–H groups in total. The van der Waals surface area contributed by atoms with Crippen LogP contribution in [0.25, 0.3) is 0 Å². The third-order valence-electron chi connectivity index (χ3n) is 4.53. The number of para-hydroxylation sites is 1. The number of amides is 1. The Hall–Kier alpha value is -2.12. The average molecular weight is 359 g/mol. The molecule has 2 aliphatic rings. The fourth-order valence-corrected chi connectivity index (χ4v) is 4.19. The van der Waals surface area contributed by atoms with Gasteiger partial charge in [-0.3, -0.25) is 9.69 Å². The Morgan fingerprint density at radius 2 is 2.28 bits per heavy atom. The van der Waals surface area contributed by atoms with Crippen LogP contribution in [0.15, 0.2) is 23.6 Å². The van der Waals surface area contributed by atoms with Crippen molar-refractivity contribution in [2.75, 3.05) is 31.6 Å². The third-order valence-corrected chi connectivity index (χ3v) is 5.41. The minimum absolute atomic E-state index is 0.0248. The number of hydrogen-bond acceptors (Lipinski definition) is 6. The first-order valence-corrected chi connectivity index (χ1v) is 9.43. The van der Waals surface area contributed by atoms with Crippen molar-refractivity contribution in [2.24, 2.45) is 0 Å². The number of ether oxygens (including phenoxy) is 2. The third kappa shape index (κ3) is 3.48. The first-order chi connectivity index (χ1) is 12.2. The van der Waals surface area contributed by atoms with Crippen LogP contribution in [0.3, 0.4) is 0 Å². The molecule has 1 atom stereocenters. The van der Waals surface area contributed by atoms with Gasteiger partial charge in [-0.15, -0.1) is 11.3 Å². The first-order valence-electron chi connectivity index (χ1n) is 8.55. The lowest BCUT2D eigenvalue weighted by atomic mass is 10.0. The minimum atomic E-state index is -0.0248. The molecule has 0 saturated carbocycles. The number of nitrogens with one attached hydrogen (secondary N) is 1. The standard InChI is InChI=1S/C18H21N3O3S/c1-12-11-25-18(19-12)20-16(22)10-21-7-3-5-14(21)13-4-2-6-15-17(13)24-9-8-23-15/h2,4,6,11,14H,3,5,7-10H2,1H3,(H,19,20,22). The monoisotopic (exact) mass is 359 g/mol. The Labute approximate surface area is 150 Å². The van der Waals surface area contributed by atoms with Gasteiger partial charge in [0.05, 0.1) is 12.2 Å². The van der Waals surface area contributed by atoms with Gasteiger partial charge >= 0.3 is 0 Å². The van der Waals surface area contributed by atoms with Crippen molar-refractivity contribution < 1.29 is 14.3 Å². The maximum absolute atomic E-state index is 12.4. The number of aromatic nitrogens is 1. The Bertz CT molecular complexity index is 777. The molecule has 0 radical (unpaired) electrons. The van der Waals surface area contributed by atoms with Crippen molar-refractivity contribution in [3.05, 3.63) is 34.8 Å². The van der Waals surface area contributed by atoms with Crippen LogP contribution in [0.1, 0.15) is 30.1 Å². The molecule has 1 amide bonds. The molecule has 1 saturated heterocycles. The van der Waals surface area contributed by atoms with Crippen molar-refractivity contribution >= 4 is 22.4 Å². The molecule has 1 fully saturated rings. The predicted molar refractivity (Wildman–Crippen MR) is 96.5 cm³/mol. The number of nitrogens with zero attached hydrogens (tertiary/aromatic N) is 2.